The van der Waals surface area contributed by atoms with Crippen molar-refractivity contribution >= 4 is 11.9 Å². The molecule has 20 heavy (non-hydrogen) atoms. The van der Waals surface area contributed by atoms with Gasteiger partial charge in [-0.15, -0.1) is 0 Å². The molecule has 0 bridgehead atoms. The molecule has 1 atom stereocenters. The lowest BCUT2D eigenvalue weighted by atomic mass is 9.84. The molecule has 0 saturated heterocycles. The van der Waals surface area contributed by atoms with Crippen LogP contribution in [0.4, 0.5) is 0 Å². The highest BCUT2D eigenvalue weighted by Gasteiger charge is 2.29. The molecule has 1 rings (SSSR count). The lowest BCUT2D eigenvalue weighted by Gasteiger charge is -2.30. The maximum absolute atomic E-state index is 12.3. The normalized spacial score (nSPS) is 13.1. The summed E-state index contributed by atoms with van der Waals surface area (Å²) in [5.41, 5.74) is 0.949. The van der Waals surface area contributed by atoms with Gasteiger partial charge in [0.05, 0.1) is 12.1 Å². The van der Waals surface area contributed by atoms with Gasteiger partial charge in [-0.2, -0.15) is 5.10 Å². The molecule has 1 amide bonds. The van der Waals surface area contributed by atoms with Gasteiger partial charge in [-0.1, -0.05) is 27.7 Å². The lowest BCUT2D eigenvalue weighted by molar-refractivity contribution is -0.138. The molecule has 2 N–H and O–H groups in total. The van der Waals surface area contributed by atoms with Gasteiger partial charge in [0, 0.05) is 13.1 Å². The van der Waals surface area contributed by atoms with E-state index in [1.165, 1.54) is 4.68 Å². The van der Waals surface area contributed by atoms with Crippen LogP contribution in [0.15, 0.2) is 6.07 Å². The van der Waals surface area contributed by atoms with Gasteiger partial charge in [0.25, 0.3) is 5.91 Å². The maximum atomic E-state index is 12.3. The van der Waals surface area contributed by atoms with Crippen molar-refractivity contribution in [1.82, 2.24) is 15.1 Å². The third kappa shape index (κ3) is 4.08. The Morgan fingerprint density at radius 2 is 2.05 bits per heavy atom. The predicted octanol–water partition coefficient (Wildman–Crippen LogP) is 1.60. The second-order valence-electron chi connectivity index (χ2n) is 5.99. The van der Waals surface area contributed by atoms with E-state index in [4.69, 9.17) is 5.11 Å². The number of nitrogens with one attached hydrogen (secondary N) is 1. The molecular weight excluding hydrogens is 258 g/mol. The largest absolute Gasteiger partial charge is 0.481 e. The Morgan fingerprint density at radius 3 is 2.45 bits per heavy atom. The quantitative estimate of drug-likeness (QED) is 0.858. The molecule has 0 radical (unpaired) electrons. The number of hydrogen-bond donors (Lipinski definition) is 2. The number of aryl methyl sites for hydroxylation is 2. The summed E-state index contributed by atoms with van der Waals surface area (Å²) >= 11 is 0. The summed E-state index contributed by atoms with van der Waals surface area (Å²) in [5, 5.41) is 16.0. The van der Waals surface area contributed by atoms with Gasteiger partial charge in [0.15, 0.2) is 0 Å². The molecule has 6 nitrogen and oxygen atoms in total. The van der Waals surface area contributed by atoms with Crippen molar-refractivity contribution in [2.45, 2.75) is 46.6 Å². The third-order valence-corrected chi connectivity index (χ3v) is 3.25. The van der Waals surface area contributed by atoms with E-state index < -0.39 is 12.0 Å². The molecule has 1 aromatic heterocycles. The number of amides is 1. The number of carbonyl (C=O) groups is 2. The molecule has 0 aliphatic heterocycles. The second kappa shape index (κ2) is 6.07. The van der Waals surface area contributed by atoms with Gasteiger partial charge in [0.2, 0.25) is 0 Å². The van der Waals surface area contributed by atoms with Crippen LogP contribution in [0, 0.1) is 5.41 Å². The van der Waals surface area contributed by atoms with E-state index in [2.05, 4.69) is 10.4 Å². The molecule has 0 fully saturated rings. The van der Waals surface area contributed by atoms with Gasteiger partial charge < -0.3 is 10.4 Å². The van der Waals surface area contributed by atoms with Crippen LogP contribution in [0.5, 0.6) is 0 Å². The zero-order valence-corrected chi connectivity index (χ0v) is 12.7. The van der Waals surface area contributed by atoms with Crippen molar-refractivity contribution in [2.24, 2.45) is 12.5 Å². The van der Waals surface area contributed by atoms with Crippen LogP contribution in [0.2, 0.25) is 0 Å². The van der Waals surface area contributed by atoms with E-state index in [1.54, 1.807) is 13.1 Å². The highest BCUT2D eigenvalue weighted by molar-refractivity contribution is 5.93. The van der Waals surface area contributed by atoms with Crippen molar-refractivity contribution < 1.29 is 14.7 Å². The summed E-state index contributed by atoms with van der Waals surface area (Å²) in [7, 11) is 1.71. The van der Waals surface area contributed by atoms with E-state index in [0.717, 1.165) is 12.1 Å². The first-order chi connectivity index (χ1) is 9.15. The molecule has 1 unspecified atom stereocenters. The number of carboxylic acids is 1. The van der Waals surface area contributed by atoms with E-state index in [1.807, 2.05) is 27.7 Å². The zero-order valence-electron chi connectivity index (χ0n) is 12.7. The van der Waals surface area contributed by atoms with Crippen molar-refractivity contribution in [3.63, 3.8) is 0 Å². The van der Waals surface area contributed by atoms with Gasteiger partial charge in [-0.05, 0) is 17.9 Å². The summed E-state index contributed by atoms with van der Waals surface area (Å²) in [5.74, 6) is -1.22. The first-order valence-corrected chi connectivity index (χ1v) is 6.70. The van der Waals surface area contributed by atoms with Gasteiger partial charge >= 0.3 is 5.97 Å². The summed E-state index contributed by atoms with van der Waals surface area (Å²) in [6, 6.07) is 1.29. The summed E-state index contributed by atoms with van der Waals surface area (Å²) in [6.45, 7) is 7.68. The highest BCUT2D eigenvalue weighted by Crippen LogP contribution is 2.22. The van der Waals surface area contributed by atoms with E-state index in [-0.39, 0.29) is 17.7 Å². The summed E-state index contributed by atoms with van der Waals surface area (Å²) in [6.07, 6.45) is 0.646. The number of aromatic nitrogens is 2. The fraction of sp³-hybridized carbons (Fsp3) is 0.643. The molecule has 0 spiro atoms. The second-order valence-corrected chi connectivity index (χ2v) is 5.99. The Kier molecular flexibility index (Phi) is 4.92. The Balaban J connectivity index is 2.90. The average molecular weight is 281 g/mol. The number of carbonyl (C=O) groups excluding carboxylic acids is 1. The fourth-order valence-corrected chi connectivity index (χ4v) is 1.89. The zero-order chi connectivity index (χ0) is 15.5. The van der Waals surface area contributed by atoms with Crippen LogP contribution in [0.1, 0.15) is 50.3 Å². The van der Waals surface area contributed by atoms with Crippen LogP contribution >= 0.6 is 0 Å². The first kappa shape index (κ1) is 16.2. The summed E-state index contributed by atoms with van der Waals surface area (Å²) < 4.78 is 1.52. The molecule has 0 aliphatic rings. The number of hydrogen-bond acceptors (Lipinski definition) is 3. The third-order valence-electron chi connectivity index (χ3n) is 3.25. The minimum absolute atomic E-state index is 0.103. The predicted molar refractivity (Wildman–Crippen MR) is 75.5 cm³/mol. The van der Waals surface area contributed by atoms with Gasteiger partial charge in [-0.3, -0.25) is 14.3 Å². The van der Waals surface area contributed by atoms with Crippen molar-refractivity contribution in [3.8, 4) is 0 Å². The summed E-state index contributed by atoms with van der Waals surface area (Å²) in [4.78, 5) is 23.2. The van der Waals surface area contributed by atoms with Crippen LogP contribution in [0.25, 0.3) is 0 Å². The number of nitrogens with zero attached hydrogens (tertiary/aromatic N) is 2. The van der Waals surface area contributed by atoms with Crippen LogP contribution < -0.4 is 5.32 Å². The van der Waals surface area contributed by atoms with E-state index in [9.17, 15) is 9.59 Å². The topological polar surface area (TPSA) is 84.2 Å². The molecule has 1 aromatic rings. The fourth-order valence-electron chi connectivity index (χ4n) is 1.89. The van der Waals surface area contributed by atoms with E-state index >= 15 is 0 Å². The molecule has 0 saturated carbocycles. The van der Waals surface area contributed by atoms with Gasteiger partial charge in [0.1, 0.15) is 5.69 Å². The Morgan fingerprint density at radius 1 is 1.45 bits per heavy atom. The Labute approximate surface area is 119 Å². The average Bonchev–Trinajstić information content (AvgIpc) is 2.68. The molecular formula is C14H23N3O3. The number of rotatable bonds is 5. The van der Waals surface area contributed by atoms with Gasteiger partial charge in [-0.25, -0.2) is 0 Å². The SMILES string of the molecule is CCc1cc(C(=O)NC(CC(=O)O)C(C)(C)C)n(C)n1. The standard InChI is InChI=1S/C14H23N3O3/c1-6-9-7-10(17(5)16-9)13(20)15-11(8-12(18)19)14(2,3)4/h7,11H,6,8H2,1-5H3,(H,15,20)(H,18,19). The maximum Gasteiger partial charge on any atom is 0.305 e. The van der Waals surface area contributed by atoms with Crippen LogP contribution in [0.3, 0.4) is 0 Å². The Hall–Kier alpha value is -1.85. The lowest BCUT2D eigenvalue weighted by Crippen LogP contribution is -2.45. The number of carboxylic acid groups (broad SMARTS) is 1. The monoisotopic (exact) mass is 281 g/mol. The highest BCUT2D eigenvalue weighted by atomic mass is 16.4. The minimum atomic E-state index is -0.926. The van der Waals surface area contributed by atoms with Crippen LogP contribution in [-0.2, 0) is 18.3 Å². The van der Waals surface area contributed by atoms with Crippen molar-refractivity contribution in [3.05, 3.63) is 17.5 Å². The smallest absolute Gasteiger partial charge is 0.305 e. The van der Waals surface area contributed by atoms with Crippen molar-refractivity contribution in [2.75, 3.05) is 0 Å². The molecule has 1 heterocycles. The van der Waals surface area contributed by atoms with Crippen molar-refractivity contribution in [1.29, 1.82) is 0 Å². The molecule has 0 aromatic carbocycles. The van der Waals surface area contributed by atoms with E-state index in [0.29, 0.717) is 5.69 Å². The number of aliphatic carboxylic acids is 1. The molecule has 0 aliphatic carbocycles. The van der Waals surface area contributed by atoms with Crippen LogP contribution in [-0.4, -0.2) is 32.8 Å². The molecule has 112 valence electrons. The molecule has 6 heteroatoms. The minimum Gasteiger partial charge on any atom is -0.481 e. The Bertz CT molecular complexity index is 500. The first-order valence-electron chi connectivity index (χ1n) is 6.70.